The minimum Gasteiger partial charge on any atom is -0.481 e. The molecular formula is C7H11NO2. The van der Waals surface area contributed by atoms with Crippen LogP contribution in [0.25, 0.3) is 0 Å². The van der Waals surface area contributed by atoms with Crippen LogP contribution in [0.2, 0.25) is 0 Å². The first-order valence-electron chi connectivity index (χ1n) is 3.35. The zero-order chi connectivity index (χ0) is 7.56. The van der Waals surface area contributed by atoms with Gasteiger partial charge < -0.3 is 10.8 Å². The van der Waals surface area contributed by atoms with E-state index in [1.165, 1.54) is 0 Å². The molecule has 0 fully saturated rings. The maximum Gasteiger partial charge on any atom is 0.306 e. The molecule has 0 aliphatic heterocycles. The number of carboxylic acids is 1. The monoisotopic (exact) mass is 141 g/mol. The fraction of sp³-hybridized carbons (Fsp3) is 0.571. The van der Waals surface area contributed by atoms with Crippen molar-refractivity contribution in [2.75, 3.05) is 0 Å². The lowest BCUT2D eigenvalue weighted by Gasteiger charge is -2.17. The predicted molar refractivity (Wildman–Crippen MR) is 37.5 cm³/mol. The molecule has 1 aliphatic carbocycles. The third-order valence-electron chi connectivity index (χ3n) is 1.71. The number of aliphatic carboxylic acids is 1. The van der Waals surface area contributed by atoms with Gasteiger partial charge in [0.1, 0.15) is 0 Å². The minimum atomic E-state index is -0.736. The second kappa shape index (κ2) is 2.84. The highest BCUT2D eigenvalue weighted by Gasteiger charge is 2.20. The number of hydrogen-bond acceptors (Lipinski definition) is 2. The van der Waals surface area contributed by atoms with Gasteiger partial charge in [0.25, 0.3) is 0 Å². The van der Waals surface area contributed by atoms with Crippen LogP contribution < -0.4 is 5.73 Å². The normalized spacial score (nSPS) is 32.1. The second-order valence-corrected chi connectivity index (χ2v) is 2.60. The van der Waals surface area contributed by atoms with Crippen LogP contribution in [-0.4, -0.2) is 17.1 Å². The molecule has 3 nitrogen and oxygen atoms in total. The largest absolute Gasteiger partial charge is 0.481 e. The molecule has 0 bridgehead atoms. The van der Waals surface area contributed by atoms with Gasteiger partial charge in [-0.25, -0.2) is 0 Å². The van der Waals surface area contributed by atoms with Gasteiger partial charge in [-0.1, -0.05) is 12.2 Å². The topological polar surface area (TPSA) is 63.3 Å². The highest BCUT2D eigenvalue weighted by Crippen LogP contribution is 2.16. The van der Waals surface area contributed by atoms with E-state index in [2.05, 4.69) is 0 Å². The van der Waals surface area contributed by atoms with Crippen LogP contribution in [0.1, 0.15) is 12.8 Å². The lowest BCUT2D eigenvalue weighted by Crippen LogP contribution is -2.28. The molecule has 1 aliphatic rings. The van der Waals surface area contributed by atoms with Crippen molar-refractivity contribution < 1.29 is 9.90 Å². The molecule has 56 valence electrons. The van der Waals surface area contributed by atoms with Gasteiger partial charge in [-0.2, -0.15) is 0 Å². The number of allylic oxidation sites excluding steroid dienone is 1. The molecule has 0 aromatic carbocycles. The van der Waals surface area contributed by atoms with Crippen molar-refractivity contribution in [3.05, 3.63) is 12.2 Å². The number of rotatable bonds is 1. The summed E-state index contributed by atoms with van der Waals surface area (Å²) >= 11 is 0. The number of carboxylic acid groups (broad SMARTS) is 1. The van der Waals surface area contributed by atoms with Crippen molar-refractivity contribution in [1.82, 2.24) is 0 Å². The SMILES string of the molecule is N[C@H]1C=CCC(C(=O)O)C1. The molecule has 0 radical (unpaired) electrons. The smallest absolute Gasteiger partial charge is 0.306 e. The molecular weight excluding hydrogens is 130 g/mol. The Morgan fingerprint density at radius 1 is 1.70 bits per heavy atom. The first kappa shape index (κ1) is 7.28. The Labute approximate surface area is 59.5 Å². The predicted octanol–water partition coefficient (Wildman–Crippen LogP) is 0.364. The Kier molecular flexibility index (Phi) is 2.06. The van der Waals surface area contributed by atoms with E-state index in [0.29, 0.717) is 12.8 Å². The van der Waals surface area contributed by atoms with Crippen LogP contribution in [-0.2, 0) is 4.79 Å². The van der Waals surface area contributed by atoms with Crippen LogP contribution in [0.15, 0.2) is 12.2 Å². The van der Waals surface area contributed by atoms with Crippen LogP contribution in [0.5, 0.6) is 0 Å². The maximum absolute atomic E-state index is 10.4. The number of carbonyl (C=O) groups is 1. The van der Waals surface area contributed by atoms with Crippen LogP contribution in [0.3, 0.4) is 0 Å². The Bertz CT molecular complexity index is 165. The van der Waals surface area contributed by atoms with Gasteiger partial charge in [0.15, 0.2) is 0 Å². The number of nitrogens with two attached hydrogens (primary N) is 1. The summed E-state index contributed by atoms with van der Waals surface area (Å²) in [5.74, 6) is -1.00. The molecule has 3 heteroatoms. The first-order valence-corrected chi connectivity index (χ1v) is 3.35. The molecule has 1 unspecified atom stereocenters. The quantitative estimate of drug-likeness (QED) is 0.518. The highest BCUT2D eigenvalue weighted by atomic mass is 16.4. The lowest BCUT2D eigenvalue weighted by molar-refractivity contribution is -0.142. The van der Waals surface area contributed by atoms with E-state index in [1.807, 2.05) is 12.2 Å². The van der Waals surface area contributed by atoms with Gasteiger partial charge in [0.2, 0.25) is 0 Å². The van der Waals surface area contributed by atoms with Gasteiger partial charge in [-0.3, -0.25) is 4.79 Å². The molecule has 0 aromatic rings. The van der Waals surface area contributed by atoms with E-state index in [-0.39, 0.29) is 12.0 Å². The summed E-state index contributed by atoms with van der Waals surface area (Å²) in [6.45, 7) is 0. The fourth-order valence-corrected chi connectivity index (χ4v) is 1.12. The van der Waals surface area contributed by atoms with Crippen LogP contribution in [0.4, 0.5) is 0 Å². The van der Waals surface area contributed by atoms with Crippen molar-refractivity contribution in [3.63, 3.8) is 0 Å². The van der Waals surface area contributed by atoms with E-state index < -0.39 is 5.97 Å². The summed E-state index contributed by atoms with van der Waals surface area (Å²) in [7, 11) is 0. The average molecular weight is 141 g/mol. The summed E-state index contributed by atoms with van der Waals surface area (Å²) in [5, 5.41) is 8.57. The van der Waals surface area contributed by atoms with Crippen LogP contribution >= 0.6 is 0 Å². The Balaban J connectivity index is 2.52. The van der Waals surface area contributed by atoms with Crippen molar-refractivity contribution in [2.24, 2.45) is 11.7 Å². The zero-order valence-corrected chi connectivity index (χ0v) is 5.66. The molecule has 3 N–H and O–H groups in total. The average Bonchev–Trinajstić information content (AvgIpc) is 1.88. The molecule has 0 spiro atoms. The van der Waals surface area contributed by atoms with Gasteiger partial charge in [0, 0.05) is 6.04 Å². The summed E-state index contributed by atoms with van der Waals surface area (Å²) < 4.78 is 0. The van der Waals surface area contributed by atoms with Gasteiger partial charge in [-0.05, 0) is 12.8 Å². The van der Waals surface area contributed by atoms with Crippen molar-refractivity contribution >= 4 is 5.97 Å². The van der Waals surface area contributed by atoms with E-state index in [4.69, 9.17) is 10.8 Å². The van der Waals surface area contributed by atoms with Crippen LogP contribution in [0, 0.1) is 5.92 Å². The summed E-state index contributed by atoms with van der Waals surface area (Å²) in [6.07, 6.45) is 4.90. The Morgan fingerprint density at radius 3 is 2.80 bits per heavy atom. The second-order valence-electron chi connectivity index (χ2n) is 2.60. The van der Waals surface area contributed by atoms with Gasteiger partial charge in [-0.15, -0.1) is 0 Å². The maximum atomic E-state index is 10.4. The molecule has 0 heterocycles. The molecule has 2 atom stereocenters. The Morgan fingerprint density at radius 2 is 2.40 bits per heavy atom. The number of hydrogen-bond donors (Lipinski definition) is 2. The molecule has 10 heavy (non-hydrogen) atoms. The van der Waals surface area contributed by atoms with Crippen molar-refractivity contribution in [2.45, 2.75) is 18.9 Å². The zero-order valence-electron chi connectivity index (χ0n) is 5.66. The van der Waals surface area contributed by atoms with Gasteiger partial charge >= 0.3 is 5.97 Å². The third kappa shape index (κ3) is 1.57. The third-order valence-corrected chi connectivity index (χ3v) is 1.71. The standard InChI is InChI=1S/C7H11NO2/c8-6-3-1-2-5(4-6)7(9)10/h1,3,5-6H,2,4,8H2,(H,9,10)/t5?,6-/m0/s1. The molecule has 0 saturated carbocycles. The highest BCUT2D eigenvalue weighted by molar-refractivity contribution is 5.70. The van der Waals surface area contributed by atoms with Crippen molar-refractivity contribution in [1.29, 1.82) is 0 Å². The summed E-state index contributed by atoms with van der Waals surface area (Å²) in [6, 6.07) is -0.0603. The molecule has 0 saturated heterocycles. The van der Waals surface area contributed by atoms with E-state index in [1.54, 1.807) is 0 Å². The fourth-order valence-electron chi connectivity index (χ4n) is 1.12. The van der Waals surface area contributed by atoms with E-state index in [9.17, 15) is 4.79 Å². The lowest BCUT2D eigenvalue weighted by atomic mass is 9.92. The molecule has 0 aromatic heterocycles. The summed E-state index contributed by atoms with van der Waals surface area (Å²) in [4.78, 5) is 10.4. The minimum absolute atomic E-state index is 0.0603. The summed E-state index contributed by atoms with van der Waals surface area (Å²) in [5.41, 5.74) is 5.51. The van der Waals surface area contributed by atoms with Crippen molar-refractivity contribution in [3.8, 4) is 0 Å². The Hall–Kier alpha value is -0.830. The van der Waals surface area contributed by atoms with Gasteiger partial charge in [0.05, 0.1) is 5.92 Å². The molecule has 1 rings (SSSR count). The molecule has 0 amide bonds. The van der Waals surface area contributed by atoms with E-state index in [0.717, 1.165) is 0 Å². The first-order chi connectivity index (χ1) is 4.70. The van der Waals surface area contributed by atoms with E-state index >= 15 is 0 Å².